The Balaban J connectivity index is 1.87. The molecule has 1 amide bonds. The first kappa shape index (κ1) is 20.5. The second-order valence-corrected chi connectivity index (χ2v) is 6.99. The third-order valence-electron chi connectivity index (χ3n) is 3.71. The summed E-state index contributed by atoms with van der Waals surface area (Å²) in [7, 11) is 0. The minimum Gasteiger partial charge on any atom is -0.491 e. The Morgan fingerprint density at radius 3 is 2.50 bits per heavy atom. The van der Waals surface area contributed by atoms with Crippen LogP contribution >= 0.6 is 35.4 Å². The van der Waals surface area contributed by atoms with Crippen LogP contribution in [0.25, 0.3) is 0 Å². The van der Waals surface area contributed by atoms with Gasteiger partial charge in [-0.15, -0.1) is 0 Å². The zero-order valence-corrected chi connectivity index (χ0v) is 16.8. The summed E-state index contributed by atoms with van der Waals surface area (Å²) in [6.07, 6.45) is 1.05. The Morgan fingerprint density at radius 2 is 1.88 bits per heavy atom. The summed E-state index contributed by atoms with van der Waals surface area (Å²) in [6, 6.07) is 12.1. The van der Waals surface area contributed by atoms with Gasteiger partial charge in [0.05, 0.1) is 6.10 Å². The van der Waals surface area contributed by atoms with E-state index in [0.29, 0.717) is 22.2 Å². The summed E-state index contributed by atoms with van der Waals surface area (Å²) in [5.74, 6) is 0.439. The number of benzene rings is 2. The van der Waals surface area contributed by atoms with Crippen molar-refractivity contribution in [3.8, 4) is 5.75 Å². The van der Waals surface area contributed by atoms with Crippen LogP contribution in [0.4, 0.5) is 0 Å². The molecule has 0 bridgehead atoms. The molecule has 2 N–H and O–H groups in total. The lowest BCUT2D eigenvalue weighted by Crippen LogP contribution is -2.38. The molecule has 4 nitrogen and oxygen atoms in total. The lowest BCUT2D eigenvalue weighted by molar-refractivity contribution is 0.0976. The van der Waals surface area contributed by atoms with Crippen LogP contribution in [0.1, 0.15) is 36.2 Å². The maximum Gasteiger partial charge on any atom is 0.257 e. The van der Waals surface area contributed by atoms with Crippen LogP contribution in [-0.2, 0) is 6.54 Å². The fourth-order valence-corrected chi connectivity index (χ4v) is 2.70. The van der Waals surface area contributed by atoms with Gasteiger partial charge in [-0.05, 0) is 67.5 Å². The molecule has 0 heterocycles. The van der Waals surface area contributed by atoms with E-state index in [9.17, 15) is 4.79 Å². The van der Waals surface area contributed by atoms with Crippen LogP contribution in [0, 0.1) is 0 Å². The van der Waals surface area contributed by atoms with Crippen molar-refractivity contribution in [3.05, 3.63) is 63.6 Å². The molecule has 7 heteroatoms. The Morgan fingerprint density at radius 1 is 1.19 bits per heavy atom. The molecule has 2 aromatic carbocycles. The Kier molecular flexibility index (Phi) is 7.69. The zero-order valence-electron chi connectivity index (χ0n) is 14.5. The maximum absolute atomic E-state index is 12.2. The number of halogens is 2. The molecule has 0 spiro atoms. The number of hydrogen-bond donors (Lipinski definition) is 2. The lowest BCUT2D eigenvalue weighted by Gasteiger charge is -2.13. The molecule has 2 aromatic rings. The van der Waals surface area contributed by atoms with Gasteiger partial charge in [-0.25, -0.2) is 0 Å². The van der Waals surface area contributed by atoms with E-state index in [1.165, 1.54) is 0 Å². The number of carbonyl (C=O) groups is 1. The molecule has 26 heavy (non-hydrogen) atoms. The molecule has 1 atom stereocenters. The van der Waals surface area contributed by atoms with E-state index >= 15 is 0 Å². The minimum absolute atomic E-state index is 0.131. The number of hydrogen-bond acceptors (Lipinski definition) is 3. The number of nitrogens with one attached hydrogen (secondary N) is 2. The largest absolute Gasteiger partial charge is 0.491 e. The third-order valence-corrected chi connectivity index (χ3v) is 4.54. The maximum atomic E-state index is 12.2. The zero-order chi connectivity index (χ0) is 19.1. The Bertz CT molecular complexity index is 782. The van der Waals surface area contributed by atoms with Gasteiger partial charge >= 0.3 is 0 Å². The third kappa shape index (κ3) is 6.16. The van der Waals surface area contributed by atoms with Gasteiger partial charge in [0.25, 0.3) is 5.91 Å². The van der Waals surface area contributed by atoms with Gasteiger partial charge in [0, 0.05) is 22.2 Å². The highest BCUT2D eigenvalue weighted by Crippen LogP contribution is 2.20. The second-order valence-electron chi connectivity index (χ2n) is 5.73. The molecule has 0 aliphatic carbocycles. The van der Waals surface area contributed by atoms with Crippen LogP contribution in [-0.4, -0.2) is 17.1 Å². The smallest absolute Gasteiger partial charge is 0.257 e. The van der Waals surface area contributed by atoms with Gasteiger partial charge in [0.1, 0.15) is 5.75 Å². The highest BCUT2D eigenvalue weighted by Gasteiger charge is 2.09. The first-order valence-electron chi connectivity index (χ1n) is 8.19. The average Bonchev–Trinajstić information content (AvgIpc) is 2.61. The molecular weight excluding hydrogens is 391 g/mol. The van der Waals surface area contributed by atoms with E-state index in [4.69, 9.17) is 40.2 Å². The van der Waals surface area contributed by atoms with Crippen LogP contribution in [0.2, 0.25) is 10.0 Å². The monoisotopic (exact) mass is 410 g/mol. The first-order valence-corrected chi connectivity index (χ1v) is 9.35. The van der Waals surface area contributed by atoms with Gasteiger partial charge in [0.2, 0.25) is 0 Å². The van der Waals surface area contributed by atoms with E-state index in [2.05, 4.69) is 17.6 Å². The van der Waals surface area contributed by atoms with E-state index in [1.807, 2.05) is 6.92 Å². The number of carbonyl (C=O) groups excluding carboxylic acids is 1. The van der Waals surface area contributed by atoms with Crippen LogP contribution < -0.4 is 15.4 Å². The van der Waals surface area contributed by atoms with E-state index in [0.717, 1.165) is 17.7 Å². The number of rotatable bonds is 6. The van der Waals surface area contributed by atoms with Gasteiger partial charge < -0.3 is 10.1 Å². The Hall–Kier alpha value is -1.82. The molecule has 1 unspecified atom stereocenters. The van der Waals surface area contributed by atoms with Crippen LogP contribution in [0.3, 0.4) is 0 Å². The normalized spacial score (nSPS) is 11.5. The fourth-order valence-electron chi connectivity index (χ4n) is 2.06. The summed E-state index contributed by atoms with van der Waals surface area (Å²) in [5.41, 5.74) is 1.33. The standard InChI is InChI=1S/C19H20Cl2N2O2S/c1-3-12(2)25-16-8-5-13(6-9-16)18(24)23-19(26)22-11-14-4-7-15(20)10-17(14)21/h4-10,12H,3,11H2,1-2H3,(H2,22,23,24,26). The van der Waals surface area contributed by atoms with Crippen LogP contribution in [0.15, 0.2) is 42.5 Å². The van der Waals surface area contributed by atoms with Crippen molar-refractivity contribution >= 4 is 46.4 Å². The summed E-state index contributed by atoms with van der Waals surface area (Å²) in [6.45, 7) is 4.44. The van der Waals surface area contributed by atoms with Gasteiger partial charge in [-0.2, -0.15) is 0 Å². The summed E-state index contributed by atoms with van der Waals surface area (Å²) < 4.78 is 5.69. The molecule has 0 aliphatic heterocycles. The van der Waals surface area contributed by atoms with Crippen molar-refractivity contribution in [3.63, 3.8) is 0 Å². The van der Waals surface area contributed by atoms with E-state index in [-0.39, 0.29) is 17.1 Å². The summed E-state index contributed by atoms with van der Waals surface area (Å²) >= 11 is 17.1. The predicted octanol–water partition coefficient (Wildman–Crippen LogP) is 4.98. The average molecular weight is 411 g/mol. The highest BCUT2D eigenvalue weighted by molar-refractivity contribution is 7.80. The van der Waals surface area contributed by atoms with Crippen molar-refractivity contribution in [2.45, 2.75) is 32.9 Å². The Labute approximate surface area is 168 Å². The van der Waals surface area contributed by atoms with Crippen molar-refractivity contribution < 1.29 is 9.53 Å². The second kappa shape index (κ2) is 9.76. The van der Waals surface area contributed by atoms with Gasteiger partial charge in [-0.3, -0.25) is 10.1 Å². The molecule has 0 fully saturated rings. The molecule has 0 aliphatic rings. The number of amides is 1. The summed E-state index contributed by atoms with van der Waals surface area (Å²) in [4.78, 5) is 12.2. The van der Waals surface area contributed by atoms with Gasteiger partial charge in [0.15, 0.2) is 5.11 Å². The predicted molar refractivity (Wildman–Crippen MR) is 110 cm³/mol. The molecule has 2 rings (SSSR count). The molecule has 0 saturated heterocycles. The molecular formula is C19H20Cl2N2O2S. The molecule has 0 radical (unpaired) electrons. The first-order chi connectivity index (χ1) is 12.4. The number of thiocarbonyl (C=S) groups is 1. The van der Waals surface area contributed by atoms with Gasteiger partial charge in [-0.1, -0.05) is 36.2 Å². The van der Waals surface area contributed by atoms with Crippen molar-refractivity contribution in [1.82, 2.24) is 10.6 Å². The molecule has 0 aromatic heterocycles. The van der Waals surface area contributed by atoms with Crippen LogP contribution in [0.5, 0.6) is 5.75 Å². The summed E-state index contributed by atoms with van der Waals surface area (Å²) in [5, 5.41) is 6.92. The molecule has 138 valence electrons. The lowest BCUT2D eigenvalue weighted by atomic mass is 10.2. The van der Waals surface area contributed by atoms with E-state index in [1.54, 1.807) is 42.5 Å². The molecule has 0 saturated carbocycles. The fraction of sp³-hybridized carbons (Fsp3) is 0.263. The topological polar surface area (TPSA) is 50.4 Å². The quantitative estimate of drug-likeness (QED) is 0.659. The van der Waals surface area contributed by atoms with Crippen molar-refractivity contribution in [1.29, 1.82) is 0 Å². The highest BCUT2D eigenvalue weighted by atomic mass is 35.5. The minimum atomic E-state index is -0.292. The number of ether oxygens (including phenoxy) is 1. The van der Waals surface area contributed by atoms with Crippen molar-refractivity contribution in [2.75, 3.05) is 0 Å². The SMILES string of the molecule is CCC(C)Oc1ccc(C(=O)NC(=S)NCc2ccc(Cl)cc2Cl)cc1. The van der Waals surface area contributed by atoms with Crippen molar-refractivity contribution in [2.24, 2.45) is 0 Å². The van der Waals surface area contributed by atoms with E-state index < -0.39 is 0 Å².